The van der Waals surface area contributed by atoms with Gasteiger partial charge in [0.2, 0.25) is 0 Å². The van der Waals surface area contributed by atoms with Crippen molar-refractivity contribution in [3.8, 4) is 5.75 Å². The second-order valence-electron chi connectivity index (χ2n) is 6.47. The number of nitrogens with zero attached hydrogens (tertiary/aromatic N) is 1. The van der Waals surface area contributed by atoms with Crippen LogP contribution in [0.15, 0.2) is 41.8 Å². The van der Waals surface area contributed by atoms with Crippen LogP contribution >= 0.6 is 11.3 Å². The molecule has 0 bridgehead atoms. The predicted octanol–water partition coefficient (Wildman–Crippen LogP) is 3.45. The molecule has 130 valence electrons. The number of carbonyl (C=O) groups excluding carboxylic acids is 1. The first-order valence-electron chi connectivity index (χ1n) is 8.03. The van der Waals surface area contributed by atoms with Crippen molar-refractivity contribution in [2.45, 2.75) is 32.2 Å². The second-order valence-corrected chi connectivity index (χ2v) is 7.50. The van der Waals surface area contributed by atoms with Crippen LogP contribution in [-0.2, 0) is 16.8 Å². The molecule has 2 aromatic rings. The summed E-state index contributed by atoms with van der Waals surface area (Å²) in [5.74, 6) is 0.645. The van der Waals surface area contributed by atoms with E-state index in [1.54, 1.807) is 23.3 Å². The zero-order valence-electron chi connectivity index (χ0n) is 14.5. The highest BCUT2D eigenvalue weighted by atomic mass is 32.1. The van der Waals surface area contributed by atoms with Crippen molar-refractivity contribution in [1.29, 1.82) is 0 Å². The van der Waals surface area contributed by atoms with E-state index in [4.69, 9.17) is 4.74 Å². The average Bonchev–Trinajstić information content (AvgIpc) is 3.05. The molecule has 4 nitrogen and oxygen atoms in total. The van der Waals surface area contributed by atoms with Gasteiger partial charge in [0.05, 0.1) is 6.54 Å². The number of amides is 1. The lowest BCUT2D eigenvalue weighted by molar-refractivity contribution is -0.132. The van der Waals surface area contributed by atoms with Crippen molar-refractivity contribution in [2.24, 2.45) is 0 Å². The van der Waals surface area contributed by atoms with Crippen LogP contribution in [0.2, 0.25) is 0 Å². The van der Waals surface area contributed by atoms with Gasteiger partial charge in [0.1, 0.15) is 5.75 Å². The maximum Gasteiger partial charge on any atom is 0.260 e. The van der Waals surface area contributed by atoms with Crippen LogP contribution in [0.25, 0.3) is 0 Å². The first-order chi connectivity index (χ1) is 11.4. The van der Waals surface area contributed by atoms with Gasteiger partial charge in [0.25, 0.3) is 5.91 Å². The van der Waals surface area contributed by atoms with Crippen molar-refractivity contribution >= 4 is 17.2 Å². The SMILES string of the molecule is CN(Cc1cccs1)C(=O)COc1ccccc1C(C)(C)CCO. The van der Waals surface area contributed by atoms with Gasteiger partial charge in [-0.15, -0.1) is 11.3 Å². The van der Waals surface area contributed by atoms with Crippen molar-refractivity contribution in [2.75, 3.05) is 20.3 Å². The van der Waals surface area contributed by atoms with Crippen LogP contribution in [0.3, 0.4) is 0 Å². The number of carbonyl (C=O) groups is 1. The number of aliphatic hydroxyl groups is 1. The Hall–Kier alpha value is -1.85. The molecule has 0 aliphatic carbocycles. The molecule has 0 atom stereocenters. The smallest absolute Gasteiger partial charge is 0.260 e. The molecule has 0 fully saturated rings. The average molecular weight is 347 g/mol. The van der Waals surface area contributed by atoms with Gasteiger partial charge in [0.15, 0.2) is 6.61 Å². The van der Waals surface area contributed by atoms with Gasteiger partial charge in [0, 0.05) is 18.5 Å². The van der Waals surface area contributed by atoms with E-state index in [2.05, 4.69) is 13.8 Å². The van der Waals surface area contributed by atoms with E-state index in [0.29, 0.717) is 18.7 Å². The first-order valence-corrected chi connectivity index (χ1v) is 8.91. The lowest BCUT2D eigenvalue weighted by Crippen LogP contribution is -2.31. The molecule has 1 aromatic carbocycles. The highest BCUT2D eigenvalue weighted by molar-refractivity contribution is 7.09. The highest BCUT2D eigenvalue weighted by Crippen LogP contribution is 2.34. The molecule has 1 aromatic heterocycles. The van der Waals surface area contributed by atoms with Gasteiger partial charge in [-0.3, -0.25) is 4.79 Å². The maximum absolute atomic E-state index is 12.3. The fraction of sp³-hybridized carbons (Fsp3) is 0.421. The number of thiophene rings is 1. The van der Waals surface area contributed by atoms with Crippen LogP contribution in [0, 0.1) is 0 Å². The summed E-state index contributed by atoms with van der Waals surface area (Å²) in [4.78, 5) is 15.1. The number of rotatable bonds is 8. The molecule has 0 saturated carbocycles. The number of aliphatic hydroxyl groups excluding tert-OH is 1. The van der Waals surface area contributed by atoms with Crippen LogP contribution in [-0.4, -0.2) is 36.2 Å². The standard InChI is InChI=1S/C19H25NO3S/c1-19(2,10-11-21)16-8-4-5-9-17(16)23-14-18(22)20(3)13-15-7-6-12-24-15/h4-9,12,21H,10-11,13-14H2,1-3H3. The number of likely N-dealkylation sites (N-methyl/N-ethyl adjacent to an activating group) is 1. The molecule has 0 saturated heterocycles. The monoisotopic (exact) mass is 347 g/mol. The van der Waals surface area contributed by atoms with E-state index >= 15 is 0 Å². The molecule has 2 rings (SSSR count). The molecular weight excluding hydrogens is 322 g/mol. The van der Waals surface area contributed by atoms with Gasteiger partial charge in [-0.25, -0.2) is 0 Å². The Morgan fingerprint density at radius 3 is 2.67 bits per heavy atom. The topological polar surface area (TPSA) is 49.8 Å². The molecule has 0 aliphatic heterocycles. The van der Waals surface area contributed by atoms with Crippen molar-refractivity contribution in [3.05, 3.63) is 52.2 Å². The molecular formula is C19H25NO3S. The number of hydrogen-bond acceptors (Lipinski definition) is 4. The molecule has 5 heteroatoms. The summed E-state index contributed by atoms with van der Waals surface area (Å²) >= 11 is 1.64. The zero-order valence-corrected chi connectivity index (χ0v) is 15.3. The highest BCUT2D eigenvalue weighted by Gasteiger charge is 2.24. The minimum Gasteiger partial charge on any atom is -0.483 e. The van der Waals surface area contributed by atoms with Crippen LogP contribution in [0.5, 0.6) is 5.75 Å². The largest absolute Gasteiger partial charge is 0.483 e. The number of ether oxygens (including phenoxy) is 1. The summed E-state index contributed by atoms with van der Waals surface area (Å²) in [6, 6.07) is 11.7. The minimum atomic E-state index is -0.211. The summed E-state index contributed by atoms with van der Waals surface area (Å²) in [5, 5.41) is 11.3. The minimum absolute atomic E-state index is 0.00803. The molecule has 0 radical (unpaired) electrons. The third-order valence-corrected chi connectivity index (χ3v) is 4.96. The number of hydrogen-bond donors (Lipinski definition) is 1. The Kier molecular flexibility index (Phi) is 6.40. The lowest BCUT2D eigenvalue weighted by Gasteiger charge is -2.27. The quantitative estimate of drug-likeness (QED) is 0.796. The predicted molar refractivity (Wildman–Crippen MR) is 97.5 cm³/mol. The van der Waals surface area contributed by atoms with Gasteiger partial charge < -0.3 is 14.7 Å². The molecule has 24 heavy (non-hydrogen) atoms. The van der Waals surface area contributed by atoms with Crippen LogP contribution in [0.4, 0.5) is 0 Å². The Morgan fingerprint density at radius 1 is 1.25 bits per heavy atom. The maximum atomic E-state index is 12.3. The third-order valence-electron chi connectivity index (χ3n) is 4.10. The second kappa shape index (κ2) is 8.31. The van der Waals surface area contributed by atoms with Gasteiger partial charge in [-0.2, -0.15) is 0 Å². The molecule has 0 unspecified atom stereocenters. The summed E-state index contributed by atoms with van der Waals surface area (Å²) in [7, 11) is 1.78. The summed E-state index contributed by atoms with van der Waals surface area (Å²) < 4.78 is 5.80. The normalized spacial score (nSPS) is 11.3. The fourth-order valence-electron chi connectivity index (χ4n) is 2.54. The summed E-state index contributed by atoms with van der Waals surface area (Å²) in [6.07, 6.45) is 0.638. The Bertz CT molecular complexity index is 652. The zero-order chi connectivity index (χ0) is 17.6. The molecule has 1 amide bonds. The van der Waals surface area contributed by atoms with Gasteiger partial charge in [-0.1, -0.05) is 38.1 Å². The van der Waals surface area contributed by atoms with E-state index in [-0.39, 0.29) is 24.5 Å². The van der Waals surface area contributed by atoms with Gasteiger partial charge in [-0.05, 0) is 34.9 Å². The van der Waals surface area contributed by atoms with E-state index in [1.807, 2.05) is 41.8 Å². The van der Waals surface area contributed by atoms with Crippen LogP contribution < -0.4 is 4.74 Å². The van der Waals surface area contributed by atoms with E-state index in [0.717, 1.165) is 10.4 Å². The summed E-state index contributed by atoms with van der Waals surface area (Å²) in [6.45, 7) is 4.85. The Morgan fingerprint density at radius 2 is 2.00 bits per heavy atom. The lowest BCUT2D eigenvalue weighted by atomic mass is 9.81. The fourth-order valence-corrected chi connectivity index (χ4v) is 3.30. The first kappa shape index (κ1) is 18.5. The molecule has 0 aliphatic rings. The van der Waals surface area contributed by atoms with Crippen molar-refractivity contribution in [3.63, 3.8) is 0 Å². The van der Waals surface area contributed by atoms with Crippen molar-refractivity contribution < 1.29 is 14.6 Å². The van der Waals surface area contributed by atoms with E-state index in [1.165, 1.54) is 0 Å². The van der Waals surface area contributed by atoms with E-state index in [9.17, 15) is 9.90 Å². The molecule has 1 heterocycles. The van der Waals surface area contributed by atoms with Crippen molar-refractivity contribution in [1.82, 2.24) is 4.90 Å². The Balaban J connectivity index is 2.00. The number of benzene rings is 1. The summed E-state index contributed by atoms with van der Waals surface area (Å²) in [5.41, 5.74) is 0.796. The van der Waals surface area contributed by atoms with Crippen LogP contribution in [0.1, 0.15) is 30.7 Å². The third kappa shape index (κ3) is 4.82. The molecule has 1 N–H and O–H groups in total. The molecule has 0 spiro atoms. The number of para-hydroxylation sites is 1. The van der Waals surface area contributed by atoms with E-state index < -0.39 is 0 Å². The van der Waals surface area contributed by atoms with Gasteiger partial charge >= 0.3 is 0 Å². The Labute approximate surface area is 147 Å².